The second kappa shape index (κ2) is 5.00. The van der Waals surface area contributed by atoms with Gasteiger partial charge in [0, 0.05) is 12.1 Å². The molecule has 0 aromatic heterocycles. The van der Waals surface area contributed by atoms with Crippen LogP contribution in [0.1, 0.15) is 0 Å². The van der Waals surface area contributed by atoms with E-state index in [0.29, 0.717) is 0 Å². The Morgan fingerprint density at radius 3 is 2.17 bits per heavy atom. The molecule has 0 atom stereocenters. The molecule has 0 radical (unpaired) electrons. The van der Waals surface area contributed by atoms with Crippen molar-refractivity contribution in [3.8, 4) is 11.5 Å². The molecule has 0 aliphatic heterocycles. The molecule has 8 nitrogen and oxygen atoms in total. The van der Waals surface area contributed by atoms with Gasteiger partial charge in [0.15, 0.2) is 4.90 Å². The van der Waals surface area contributed by atoms with Crippen molar-refractivity contribution < 1.29 is 26.9 Å². The summed E-state index contributed by atoms with van der Waals surface area (Å²) >= 11 is 0. The molecule has 0 saturated heterocycles. The van der Waals surface area contributed by atoms with Gasteiger partial charge in [-0.05, 0) is 0 Å². The fourth-order valence-corrected chi connectivity index (χ4v) is 2.19. The SMILES string of the molecule is COc1cc(S(=O)(=O)OC(N)=O)c(OC)cc1N. The molecule has 0 aliphatic rings. The summed E-state index contributed by atoms with van der Waals surface area (Å²) in [5, 5.41) is 0. The van der Waals surface area contributed by atoms with Crippen LogP contribution in [0, 0.1) is 0 Å². The summed E-state index contributed by atoms with van der Waals surface area (Å²) in [5.41, 5.74) is 10.4. The molecule has 0 bridgehead atoms. The second-order valence-electron chi connectivity index (χ2n) is 3.10. The van der Waals surface area contributed by atoms with Crippen LogP contribution in [0.2, 0.25) is 0 Å². The number of benzene rings is 1. The molecule has 0 aliphatic carbocycles. The van der Waals surface area contributed by atoms with E-state index in [9.17, 15) is 13.2 Å². The molecule has 0 saturated carbocycles. The van der Waals surface area contributed by atoms with Gasteiger partial charge >= 0.3 is 16.2 Å². The van der Waals surface area contributed by atoms with Crippen LogP contribution >= 0.6 is 0 Å². The van der Waals surface area contributed by atoms with Crippen molar-refractivity contribution >= 4 is 21.9 Å². The molecule has 0 spiro atoms. The monoisotopic (exact) mass is 276 g/mol. The zero-order valence-electron chi connectivity index (χ0n) is 9.67. The summed E-state index contributed by atoms with van der Waals surface area (Å²) in [6.07, 6.45) is -1.45. The first kappa shape index (κ1) is 13.9. The van der Waals surface area contributed by atoms with Crippen molar-refractivity contribution in [2.45, 2.75) is 4.90 Å². The smallest absolute Gasteiger partial charge is 0.420 e. The van der Waals surface area contributed by atoms with E-state index in [-0.39, 0.29) is 17.2 Å². The van der Waals surface area contributed by atoms with E-state index in [0.717, 1.165) is 6.07 Å². The molecule has 0 fully saturated rings. The number of hydrogen-bond acceptors (Lipinski definition) is 7. The average Bonchev–Trinajstić information content (AvgIpc) is 2.26. The van der Waals surface area contributed by atoms with E-state index in [1.54, 1.807) is 0 Å². The number of primary amides is 1. The van der Waals surface area contributed by atoms with Gasteiger partial charge in [0.2, 0.25) is 0 Å². The third kappa shape index (κ3) is 2.74. The maximum atomic E-state index is 11.7. The molecule has 1 rings (SSSR count). The highest BCUT2D eigenvalue weighted by Crippen LogP contribution is 2.34. The minimum atomic E-state index is -4.39. The number of ether oxygens (including phenoxy) is 2. The second-order valence-corrected chi connectivity index (χ2v) is 4.62. The summed E-state index contributed by atoms with van der Waals surface area (Å²) in [5.74, 6) is 0.0111. The molecule has 0 unspecified atom stereocenters. The first-order chi connectivity index (χ1) is 8.31. The normalized spacial score (nSPS) is 10.8. The number of carbonyl (C=O) groups excluding carboxylic acids is 1. The zero-order chi connectivity index (χ0) is 13.9. The lowest BCUT2D eigenvalue weighted by Gasteiger charge is -2.12. The molecule has 100 valence electrons. The standard InChI is InChI=1S/C9H12N2O6S/c1-15-6-4-8(7(16-2)3-5(6)10)18(13,14)17-9(11)12/h3-4H,10H2,1-2H3,(H2,11,12). The molecular formula is C9H12N2O6S. The Bertz CT molecular complexity index is 569. The first-order valence-electron chi connectivity index (χ1n) is 4.57. The van der Waals surface area contributed by atoms with Crippen LogP contribution in [-0.4, -0.2) is 28.7 Å². The summed E-state index contributed by atoms with van der Waals surface area (Å²) in [6.45, 7) is 0. The van der Waals surface area contributed by atoms with Crippen LogP contribution in [0.15, 0.2) is 17.0 Å². The number of nitrogen functional groups attached to an aromatic ring is 1. The number of nitrogens with two attached hydrogens (primary N) is 2. The Morgan fingerprint density at radius 2 is 1.72 bits per heavy atom. The summed E-state index contributed by atoms with van der Waals surface area (Å²) in [6, 6.07) is 2.31. The average molecular weight is 276 g/mol. The maximum Gasteiger partial charge on any atom is 0.420 e. The van der Waals surface area contributed by atoms with Crippen LogP contribution in [0.3, 0.4) is 0 Å². The number of amides is 1. The number of methoxy groups -OCH3 is 2. The lowest BCUT2D eigenvalue weighted by atomic mass is 10.3. The minimum absolute atomic E-state index is 0.0884. The molecule has 4 N–H and O–H groups in total. The van der Waals surface area contributed by atoms with Crippen LogP contribution in [0.25, 0.3) is 0 Å². The minimum Gasteiger partial charge on any atom is -0.495 e. The number of anilines is 1. The van der Waals surface area contributed by atoms with Gasteiger partial charge in [0.05, 0.1) is 19.9 Å². The quantitative estimate of drug-likeness (QED) is 0.587. The van der Waals surface area contributed by atoms with E-state index in [4.69, 9.17) is 15.2 Å². The Morgan fingerprint density at radius 1 is 1.17 bits per heavy atom. The van der Waals surface area contributed by atoms with E-state index < -0.39 is 21.1 Å². The fourth-order valence-electron chi connectivity index (χ4n) is 1.24. The molecule has 1 aromatic carbocycles. The molecule has 9 heteroatoms. The summed E-state index contributed by atoms with van der Waals surface area (Å²) in [7, 11) is -1.84. The van der Waals surface area contributed by atoms with Gasteiger partial charge in [0.25, 0.3) is 0 Å². The molecule has 1 amide bonds. The summed E-state index contributed by atoms with van der Waals surface area (Å²) in [4.78, 5) is 10.1. The Hall–Kier alpha value is -2.16. The Labute approximate surface area is 104 Å². The van der Waals surface area contributed by atoms with E-state index in [1.807, 2.05) is 0 Å². The highest BCUT2D eigenvalue weighted by atomic mass is 32.2. The van der Waals surface area contributed by atoms with Crippen molar-refractivity contribution in [2.24, 2.45) is 5.73 Å². The largest absolute Gasteiger partial charge is 0.495 e. The zero-order valence-corrected chi connectivity index (χ0v) is 10.5. The predicted molar refractivity (Wildman–Crippen MR) is 61.8 cm³/mol. The van der Waals surface area contributed by atoms with Gasteiger partial charge in [-0.15, -0.1) is 0 Å². The first-order valence-corrected chi connectivity index (χ1v) is 5.98. The van der Waals surface area contributed by atoms with Crippen molar-refractivity contribution in [1.29, 1.82) is 0 Å². The highest BCUT2D eigenvalue weighted by Gasteiger charge is 2.25. The van der Waals surface area contributed by atoms with Crippen LogP contribution in [-0.2, 0) is 14.3 Å². The van der Waals surface area contributed by atoms with E-state index in [1.165, 1.54) is 20.3 Å². The van der Waals surface area contributed by atoms with Crippen molar-refractivity contribution in [2.75, 3.05) is 20.0 Å². The summed E-state index contributed by atoms with van der Waals surface area (Å²) < 4.78 is 37.2. The van der Waals surface area contributed by atoms with Gasteiger partial charge in [-0.1, -0.05) is 0 Å². The van der Waals surface area contributed by atoms with E-state index >= 15 is 0 Å². The van der Waals surface area contributed by atoms with Crippen molar-refractivity contribution in [1.82, 2.24) is 0 Å². The number of rotatable bonds is 4. The third-order valence-corrected chi connectivity index (χ3v) is 3.22. The fraction of sp³-hybridized carbons (Fsp3) is 0.222. The Kier molecular flexibility index (Phi) is 3.86. The lowest BCUT2D eigenvalue weighted by molar-refractivity contribution is 0.212. The number of carbonyl (C=O) groups is 1. The van der Waals surface area contributed by atoms with Crippen molar-refractivity contribution in [3.63, 3.8) is 0 Å². The van der Waals surface area contributed by atoms with Gasteiger partial charge in [0.1, 0.15) is 11.5 Å². The van der Waals surface area contributed by atoms with Gasteiger partial charge in [-0.3, -0.25) is 0 Å². The molecule has 0 heterocycles. The molecule has 1 aromatic rings. The van der Waals surface area contributed by atoms with Gasteiger partial charge < -0.3 is 25.1 Å². The maximum absolute atomic E-state index is 11.7. The predicted octanol–water partition coefficient (Wildman–Crippen LogP) is 0.0700. The lowest BCUT2D eigenvalue weighted by Crippen LogP contribution is -2.19. The van der Waals surface area contributed by atoms with Crippen LogP contribution in [0.5, 0.6) is 11.5 Å². The van der Waals surface area contributed by atoms with Gasteiger partial charge in [-0.2, -0.15) is 8.42 Å². The molecule has 18 heavy (non-hydrogen) atoms. The van der Waals surface area contributed by atoms with Gasteiger partial charge in [-0.25, -0.2) is 4.79 Å². The Balaban J connectivity index is 3.43. The number of hydrogen-bond donors (Lipinski definition) is 2. The van der Waals surface area contributed by atoms with Crippen LogP contribution in [0.4, 0.5) is 10.5 Å². The molecular weight excluding hydrogens is 264 g/mol. The van der Waals surface area contributed by atoms with Crippen LogP contribution < -0.4 is 20.9 Å². The topological polar surface area (TPSA) is 131 Å². The third-order valence-electron chi connectivity index (χ3n) is 1.98. The van der Waals surface area contributed by atoms with Crippen molar-refractivity contribution in [3.05, 3.63) is 12.1 Å². The van der Waals surface area contributed by atoms with E-state index in [2.05, 4.69) is 9.92 Å². The highest BCUT2D eigenvalue weighted by molar-refractivity contribution is 7.87.